The van der Waals surface area contributed by atoms with Crippen molar-refractivity contribution in [3.63, 3.8) is 0 Å². The average Bonchev–Trinajstić information content (AvgIpc) is 2.29. The Labute approximate surface area is 98.8 Å². The first kappa shape index (κ1) is 11.3. The van der Waals surface area contributed by atoms with Crippen molar-refractivity contribution in [1.29, 1.82) is 0 Å². The fraction of sp³-hybridized carbons (Fsp3) is 0.0769. The third-order valence-electron chi connectivity index (χ3n) is 2.42. The average molecular weight is 232 g/mol. The normalized spacial score (nSPS) is 10.2. The Morgan fingerprint density at radius 1 is 0.941 bits per heavy atom. The lowest BCUT2D eigenvalue weighted by atomic mass is 10.2. The van der Waals surface area contributed by atoms with Crippen LogP contribution in [0.4, 0.5) is 15.8 Å². The summed E-state index contributed by atoms with van der Waals surface area (Å²) in [5, 5.41) is 0. The van der Waals surface area contributed by atoms with E-state index in [4.69, 9.17) is 16.2 Å². The smallest absolute Gasteiger partial charge is 0.129 e. The topological polar surface area (TPSA) is 61.3 Å². The first-order valence-electron chi connectivity index (χ1n) is 5.15. The molecule has 0 radical (unpaired) electrons. The number of halogens is 1. The van der Waals surface area contributed by atoms with E-state index in [1.54, 1.807) is 37.3 Å². The summed E-state index contributed by atoms with van der Waals surface area (Å²) in [5.74, 6) is 0.880. The quantitative estimate of drug-likeness (QED) is 0.782. The van der Waals surface area contributed by atoms with Crippen LogP contribution in [0.2, 0.25) is 0 Å². The number of ether oxygens (including phenoxy) is 1. The summed E-state index contributed by atoms with van der Waals surface area (Å²) in [6.07, 6.45) is 0. The van der Waals surface area contributed by atoms with Crippen LogP contribution in [0.1, 0.15) is 5.56 Å². The Bertz CT molecular complexity index is 506. The highest BCUT2D eigenvalue weighted by Gasteiger charge is 2.03. The zero-order chi connectivity index (χ0) is 12.4. The molecule has 3 nitrogen and oxygen atoms in total. The van der Waals surface area contributed by atoms with Crippen LogP contribution < -0.4 is 16.2 Å². The van der Waals surface area contributed by atoms with Crippen LogP contribution in [-0.2, 0) is 0 Å². The van der Waals surface area contributed by atoms with Crippen molar-refractivity contribution in [2.45, 2.75) is 6.92 Å². The molecule has 0 saturated carbocycles. The monoisotopic (exact) mass is 232 g/mol. The third kappa shape index (κ3) is 2.47. The standard InChI is InChI=1S/C13H13FN2O/c1-8-6-9(2-4-11(8)14)17-10-3-5-12(15)13(16)7-10/h2-7H,15-16H2,1H3. The minimum absolute atomic E-state index is 0.255. The van der Waals surface area contributed by atoms with Crippen LogP contribution >= 0.6 is 0 Å². The van der Waals surface area contributed by atoms with E-state index >= 15 is 0 Å². The predicted octanol–water partition coefficient (Wildman–Crippen LogP) is 3.09. The summed E-state index contributed by atoms with van der Waals surface area (Å²) in [7, 11) is 0. The molecule has 0 spiro atoms. The molecule has 4 heteroatoms. The number of aryl methyl sites for hydroxylation is 1. The minimum Gasteiger partial charge on any atom is -0.457 e. The molecule has 4 N–H and O–H groups in total. The Balaban J connectivity index is 2.25. The lowest BCUT2D eigenvalue weighted by Crippen LogP contribution is -1.95. The molecule has 88 valence electrons. The van der Waals surface area contributed by atoms with Crippen molar-refractivity contribution in [3.05, 3.63) is 47.8 Å². The van der Waals surface area contributed by atoms with E-state index in [1.807, 2.05) is 0 Å². The van der Waals surface area contributed by atoms with E-state index in [0.717, 1.165) is 0 Å². The first-order valence-corrected chi connectivity index (χ1v) is 5.15. The SMILES string of the molecule is Cc1cc(Oc2ccc(N)c(N)c2)ccc1F. The van der Waals surface area contributed by atoms with Gasteiger partial charge in [-0.25, -0.2) is 4.39 Å². The molecule has 0 fully saturated rings. The van der Waals surface area contributed by atoms with E-state index in [0.29, 0.717) is 28.4 Å². The fourth-order valence-electron chi connectivity index (χ4n) is 1.43. The number of hydrogen-bond acceptors (Lipinski definition) is 3. The van der Waals surface area contributed by atoms with Crippen LogP contribution in [-0.4, -0.2) is 0 Å². The summed E-state index contributed by atoms with van der Waals surface area (Å²) >= 11 is 0. The zero-order valence-corrected chi connectivity index (χ0v) is 9.41. The molecule has 0 unspecified atom stereocenters. The van der Waals surface area contributed by atoms with Gasteiger partial charge in [-0.3, -0.25) is 0 Å². The molecule has 0 aliphatic carbocycles. The molecular weight excluding hydrogens is 219 g/mol. The van der Waals surface area contributed by atoms with E-state index in [-0.39, 0.29) is 5.82 Å². The molecular formula is C13H13FN2O. The molecule has 0 atom stereocenters. The molecule has 2 aromatic carbocycles. The molecule has 0 amide bonds. The van der Waals surface area contributed by atoms with Gasteiger partial charge in [0.25, 0.3) is 0 Å². The Morgan fingerprint density at radius 3 is 2.24 bits per heavy atom. The minimum atomic E-state index is -0.255. The van der Waals surface area contributed by atoms with Gasteiger partial charge < -0.3 is 16.2 Å². The van der Waals surface area contributed by atoms with Gasteiger partial charge in [0.05, 0.1) is 11.4 Å². The van der Waals surface area contributed by atoms with Crippen molar-refractivity contribution in [3.8, 4) is 11.5 Å². The Kier molecular flexibility index (Phi) is 2.87. The lowest BCUT2D eigenvalue weighted by molar-refractivity contribution is 0.480. The second kappa shape index (κ2) is 4.33. The van der Waals surface area contributed by atoms with Gasteiger partial charge in [-0.2, -0.15) is 0 Å². The first-order chi connectivity index (χ1) is 8.06. The molecule has 0 aliphatic rings. The van der Waals surface area contributed by atoms with Crippen molar-refractivity contribution < 1.29 is 9.13 Å². The highest BCUT2D eigenvalue weighted by atomic mass is 19.1. The van der Waals surface area contributed by atoms with Crippen molar-refractivity contribution in [2.24, 2.45) is 0 Å². The van der Waals surface area contributed by atoms with E-state index in [1.165, 1.54) is 6.07 Å². The van der Waals surface area contributed by atoms with E-state index in [9.17, 15) is 4.39 Å². The predicted molar refractivity (Wildman–Crippen MR) is 66.5 cm³/mol. The fourth-order valence-corrected chi connectivity index (χ4v) is 1.43. The van der Waals surface area contributed by atoms with Gasteiger partial charge in [0, 0.05) is 6.07 Å². The molecule has 2 aromatic rings. The Hall–Kier alpha value is -2.23. The zero-order valence-electron chi connectivity index (χ0n) is 9.41. The summed E-state index contributed by atoms with van der Waals surface area (Å²) in [4.78, 5) is 0. The number of anilines is 2. The summed E-state index contributed by atoms with van der Waals surface area (Å²) < 4.78 is 18.6. The molecule has 17 heavy (non-hydrogen) atoms. The molecule has 2 rings (SSSR count). The maximum Gasteiger partial charge on any atom is 0.129 e. The van der Waals surface area contributed by atoms with Crippen LogP contribution in [0.3, 0.4) is 0 Å². The molecule has 0 heterocycles. The van der Waals surface area contributed by atoms with Crippen LogP contribution in [0, 0.1) is 12.7 Å². The van der Waals surface area contributed by atoms with E-state index in [2.05, 4.69) is 0 Å². The maximum absolute atomic E-state index is 13.1. The van der Waals surface area contributed by atoms with Gasteiger partial charge in [-0.1, -0.05) is 0 Å². The lowest BCUT2D eigenvalue weighted by Gasteiger charge is -2.08. The number of hydrogen-bond donors (Lipinski definition) is 2. The molecule has 0 aliphatic heterocycles. The molecule has 0 saturated heterocycles. The molecule has 0 aromatic heterocycles. The van der Waals surface area contributed by atoms with Crippen molar-refractivity contribution in [2.75, 3.05) is 11.5 Å². The summed E-state index contributed by atoms with van der Waals surface area (Å²) in [6, 6.07) is 9.57. The molecule has 0 bridgehead atoms. The van der Waals surface area contributed by atoms with E-state index < -0.39 is 0 Å². The van der Waals surface area contributed by atoms with Gasteiger partial charge in [0.1, 0.15) is 17.3 Å². The van der Waals surface area contributed by atoms with Crippen molar-refractivity contribution >= 4 is 11.4 Å². The third-order valence-corrected chi connectivity index (χ3v) is 2.42. The highest BCUT2D eigenvalue weighted by molar-refractivity contribution is 5.65. The highest BCUT2D eigenvalue weighted by Crippen LogP contribution is 2.27. The largest absolute Gasteiger partial charge is 0.457 e. The van der Waals surface area contributed by atoms with Crippen LogP contribution in [0.5, 0.6) is 11.5 Å². The van der Waals surface area contributed by atoms with Gasteiger partial charge in [-0.05, 0) is 42.8 Å². The number of benzene rings is 2. The van der Waals surface area contributed by atoms with Gasteiger partial charge in [0.2, 0.25) is 0 Å². The number of nitrogen functional groups attached to an aromatic ring is 2. The van der Waals surface area contributed by atoms with Crippen LogP contribution in [0.25, 0.3) is 0 Å². The van der Waals surface area contributed by atoms with Gasteiger partial charge >= 0.3 is 0 Å². The maximum atomic E-state index is 13.1. The van der Waals surface area contributed by atoms with Gasteiger partial charge in [-0.15, -0.1) is 0 Å². The van der Waals surface area contributed by atoms with Crippen LogP contribution in [0.15, 0.2) is 36.4 Å². The van der Waals surface area contributed by atoms with Gasteiger partial charge in [0.15, 0.2) is 0 Å². The summed E-state index contributed by atoms with van der Waals surface area (Å²) in [5.41, 5.74) is 12.8. The van der Waals surface area contributed by atoms with Crippen molar-refractivity contribution in [1.82, 2.24) is 0 Å². The number of nitrogens with two attached hydrogens (primary N) is 2. The second-order valence-corrected chi connectivity index (χ2v) is 3.80. The summed E-state index contributed by atoms with van der Waals surface area (Å²) in [6.45, 7) is 1.68. The number of rotatable bonds is 2. The second-order valence-electron chi connectivity index (χ2n) is 3.80. The Morgan fingerprint density at radius 2 is 1.59 bits per heavy atom.